The first-order valence-corrected chi connectivity index (χ1v) is 9.42. The number of hydrogen-bond acceptors (Lipinski definition) is 5. The minimum absolute atomic E-state index is 0.0136. The zero-order valence-corrected chi connectivity index (χ0v) is 14.1. The van der Waals surface area contributed by atoms with Gasteiger partial charge in [0, 0.05) is 55.5 Å². The van der Waals surface area contributed by atoms with Crippen LogP contribution in [0.5, 0.6) is 0 Å². The summed E-state index contributed by atoms with van der Waals surface area (Å²) in [6, 6.07) is 3.38. The zero-order chi connectivity index (χ0) is 16.7. The fraction of sp³-hybridized carbons (Fsp3) is 0.647. The molecule has 7 heteroatoms. The van der Waals surface area contributed by atoms with Crippen molar-refractivity contribution in [3.05, 3.63) is 35.4 Å². The second-order valence-electron chi connectivity index (χ2n) is 6.73. The van der Waals surface area contributed by atoms with Crippen LogP contribution in [0.2, 0.25) is 0 Å². The molecule has 5 atom stereocenters. The summed E-state index contributed by atoms with van der Waals surface area (Å²) in [7, 11) is 0. The first kappa shape index (κ1) is 16.7. The SMILES string of the molecule is OC12CCOCCC1SC1NCCNC(c3c(F)cccc3F)C12. The van der Waals surface area contributed by atoms with Crippen molar-refractivity contribution in [2.45, 2.75) is 35.1 Å². The van der Waals surface area contributed by atoms with E-state index in [-0.39, 0.29) is 22.1 Å². The number of rotatable bonds is 1. The highest BCUT2D eigenvalue weighted by Gasteiger charge is 2.58. The fourth-order valence-electron chi connectivity index (χ4n) is 4.33. The molecule has 3 aliphatic rings. The standard InChI is InChI=1S/C17H22F2N2O2S/c18-10-2-1-3-11(19)13(10)15-14-16(21-7-6-20-15)24-12-4-8-23-9-5-17(12,14)22/h1-3,12,14-16,20-22H,4-9H2. The van der Waals surface area contributed by atoms with Crippen molar-refractivity contribution in [3.63, 3.8) is 0 Å². The molecule has 0 saturated carbocycles. The smallest absolute Gasteiger partial charge is 0.130 e. The van der Waals surface area contributed by atoms with Crippen molar-refractivity contribution in [1.29, 1.82) is 0 Å². The van der Waals surface area contributed by atoms with Gasteiger partial charge in [-0.3, -0.25) is 0 Å². The molecule has 3 fully saturated rings. The summed E-state index contributed by atoms with van der Waals surface area (Å²) in [4.78, 5) is 0. The molecule has 0 amide bonds. The van der Waals surface area contributed by atoms with Crippen LogP contribution in [0.3, 0.4) is 0 Å². The molecular formula is C17H22F2N2O2S. The lowest BCUT2D eigenvalue weighted by Gasteiger charge is -2.38. The lowest BCUT2D eigenvalue weighted by atomic mass is 9.75. The Balaban J connectivity index is 1.78. The molecule has 0 bridgehead atoms. The van der Waals surface area contributed by atoms with Gasteiger partial charge in [-0.25, -0.2) is 8.78 Å². The van der Waals surface area contributed by atoms with Crippen LogP contribution >= 0.6 is 11.8 Å². The number of fused-ring (bicyclic) bond motifs is 3. The van der Waals surface area contributed by atoms with Gasteiger partial charge in [0.15, 0.2) is 0 Å². The van der Waals surface area contributed by atoms with E-state index in [9.17, 15) is 13.9 Å². The summed E-state index contributed by atoms with van der Waals surface area (Å²) in [6.07, 6.45) is 1.24. The van der Waals surface area contributed by atoms with Gasteiger partial charge in [-0.15, -0.1) is 11.8 Å². The van der Waals surface area contributed by atoms with Gasteiger partial charge in [0.25, 0.3) is 0 Å². The molecule has 3 aliphatic heterocycles. The molecule has 0 radical (unpaired) electrons. The largest absolute Gasteiger partial charge is 0.388 e. The van der Waals surface area contributed by atoms with Crippen molar-refractivity contribution >= 4 is 11.8 Å². The Bertz CT molecular complexity index is 600. The van der Waals surface area contributed by atoms with Gasteiger partial charge >= 0.3 is 0 Å². The lowest BCUT2D eigenvalue weighted by Crippen LogP contribution is -2.50. The van der Waals surface area contributed by atoms with Crippen LogP contribution in [0.25, 0.3) is 0 Å². The molecule has 1 aromatic rings. The zero-order valence-electron chi connectivity index (χ0n) is 13.3. The number of halogens is 2. The van der Waals surface area contributed by atoms with Crippen molar-refractivity contribution in [3.8, 4) is 0 Å². The monoisotopic (exact) mass is 356 g/mol. The maximum absolute atomic E-state index is 14.4. The molecule has 132 valence electrons. The molecule has 0 spiro atoms. The van der Waals surface area contributed by atoms with E-state index in [0.29, 0.717) is 32.7 Å². The lowest BCUT2D eigenvalue weighted by molar-refractivity contribution is -0.0365. The fourth-order valence-corrected chi connectivity index (χ4v) is 6.20. The van der Waals surface area contributed by atoms with Crippen LogP contribution in [0.1, 0.15) is 24.4 Å². The van der Waals surface area contributed by atoms with Crippen LogP contribution in [0, 0.1) is 17.6 Å². The third-order valence-electron chi connectivity index (χ3n) is 5.45. The quantitative estimate of drug-likeness (QED) is 0.716. The van der Waals surface area contributed by atoms with Crippen molar-refractivity contribution < 1.29 is 18.6 Å². The van der Waals surface area contributed by atoms with Crippen LogP contribution in [0.4, 0.5) is 8.78 Å². The maximum atomic E-state index is 14.4. The highest BCUT2D eigenvalue weighted by molar-refractivity contribution is 8.00. The number of aliphatic hydroxyl groups is 1. The van der Waals surface area contributed by atoms with E-state index in [4.69, 9.17) is 4.74 Å². The first-order valence-electron chi connectivity index (χ1n) is 8.47. The number of nitrogens with one attached hydrogen (secondary N) is 2. The van der Waals surface area contributed by atoms with Crippen LogP contribution in [-0.2, 0) is 4.74 Å². The summed E-state index contributed by atoms with van der Waals surface area (Å²) >= 11 is 1.69. The van der Waals surface area contributed by atoms with Crippen molar-refractivity contribution in [2.24, 2.45) is 5.92 Å². The van der Waals surface area contributed by atoms with Crippen LogP contribution < -0.4 is 10.6 Å². The summed E-state index contributed by atoms with van der Waals surface area (Å²) in [6.45, 7) is 2.40. The summed E-state index contributed by atoms with van der Waals surface area (Å²) in [5.41, 5.74) is -0.966. The van der Waals surface area contributed by atoms with Gasteiger partial charge in [0.2, 0.25) is 0 Å². The van der Waals surface area contributed by atoms with Gasteiger partial charge in [-0.1, -0.05) is 6.07 Å². The van der Waals surface area contributed by atoms with Gasteiger partial charge in [-0.2, -0.15) is 0 Å². The van der Waals surface area contributed by atoms with E-state index >= 15 is 0 Å². The summed E-state index contributed by atoms with van der Waals surface area (Å²) < 4.78 is 34.4. The molecule has 4 rings (SSSR count). The minimum atomic E-state index is -1.00. The third kappa shape index (κ3) is 2.66. The predicted octanol–water partition coefficient (Wildman–Crippen LogP) is 1.80. The molecule has 0 aromatic heterocycles. The Morgan fingerprint density at radius 3 is 2.71 bits per heavy atom. The van der Waals surface area contributed by atoms with E-state index in [1.54, 1.807) is 11.8 Å². The number of ether oxygens (including phenoxy) is 1. The molecule has 5 unspecified atom stereocenters. The van der Waals surface area contributed by atoms with E-state index in [1.165, 1.54) is 18.2 Å². The van der Waals surface area contributed by atoms with Crippen LogP contribution in [-0.4, -0.2) is 47.6 Å². The van der Waals surface area contributed by atoms with E-state index in [2.05, 4.69) is 10.6 Å². The second kappa shape index (κ2) is 6.53. The average Bonchev–Trinajstić information content (AvgIpc) is 2.72. The van der Waals surface area contributed by atoms with E-state index in [0.717, 1.165) is 6.42 Å². The second-order valence-corrected chi connectivity index (χ2v) is 8.08. The number of thioether (sulfide) groups is 1. The Morgan fingerprint density at radius 1 is 1.17 bits per heavy atom. The molecule has 3 heterocycles. The molecule has 1 aromatic carbocycles. The van der Waals surface area contributed by atoms with E-state index < -0.39 is 23.3 Å². The molecule has 4 nitrogen and oxygen atoms in total. The number of hydrogen-bond donors (Lipinski definition) is 3. The van der Waals surface area contributed by atoms with Gasteiger partial charge in [-0.05, 0) is 18.6 Å². The minimum Gasteiger partial charge on any atom is -0.388 e. The van der Waals surface area contributed by atoms with Crippen molar-refractivity contribution in [2.75, 3.05) is 26.3 Å². The van der Waals surface area contributed by atoms with Crippen LogP contribution in [0.15, 0.2) is 18.2 Å². The van der Waals surface area contributed by atoms with Gasteiger partial charge in [0.05, 0.1) is 11.0 Å². The maximum Gasteiger partial charge on any atom is 0.130 e. The Kier molecular flexibility index (Phi) is 4.55. The first-order chi connectivity index (χ1) is 11.6. The molecule has 3 N–H and O–H groups in total. The normalized spacial score (nSPS) is 39.6. The van der Waals surface area contributed by atoms with E-state index in [1.807, 2.05) is 0 Å². The number of benzene rings is 1. The third-order valence-corrected chi connectivity index (χ3v) is 7.17. The average molecular weight is 356 g/mol. The molecule has 0 aliphatic carbocycles. The Morgan fingerprint density at radius 2 is 1.92 bits per heavy atom. The summed E-state index contributed by atoms with van der Waals surface area (Å²) in [5.74, 6) is -1.44. The predicted molar refractivity (Wildman–Crippen MR) is 88.8 cm³/mol. The highest BCUT2D eigenvalue weighted by Crippen LogP contribution is 2.54. The van der Waals surface area contributed by atoms with Crippen molar-refractivity contribution in [1.82, 2.24) is 10.6 Å². The van der Waals surface area contributed by atoms with Gasteiger partial charge in [0.1, 0.15) is 11.6 Å². The Hall–Kier alpha value is -0.730. The molecule has 24 heavy (non-hydrogen) atoms. The summed E-state index contributed by atoms with van der Waals surface area (Å²) in [5, 5.41) is 18.2. The topological polar surface area (TPSA) is 53.5 Å². The highest BCUT2D eigenvalue weighted by atomic mass is 32.2. The Labute approximate surface area is 144 Å². The molecular weight excluding hydrogens is 334 g/mol. The van der Waals surface area contributed by atoms with Gasteiger partial charge < -0.3 is 20.5 Å². The molecule has 3 saturated heterocycles.